The van der Waals surface area contributed by atoms with Crippen LogP contribution in [0.25, 0.3) is 60.5 Å². The summed E-state index contributed by atoms with van der Waals surface area (Å²) < 4.78 is 2.34. The van der Waals surface area contributed by atoms with Crippen LogP contribution in [0.1, 0.15) is 0 Å². The van der Waals surface area contributed by atoms with E-state index < -0.39 is 0 Å². The molecule has 0 bridgehead atoms. The summed E-state index contributed by atoms with van der Waals surface area (Å²) in [5, 5.41) is 3.78. The van der Waals surface area contributed by atoms with Crippen LogP contribution in [0.2, 0.25) is 0 Å². The second kappa shape index (κ2) is 7.04. The van der Waals surface area contributed by atoms with Gasteiger partial charge in [0.25, 0.3) is 0 Å². The van der Waals surface area contributed by atoms with Crippen LogP contribution in [0.5, 0.6) is 0 Å². The predicted octanol–water partition coefficient (Wildman–Crippen LogP) is 8.13. The Morgan fingerprint density at radius 3 is 2.15 bits per heavy atom. The van der Waals surface area contributed by atoms with E-state index in [0.717, 1.165) is 16.6 Å². The van der Waals surface area contributed by atoms with Crippen molar-refractivity contribution in [3.8, 4) is 22.3 Å². The smallest absolute Gasteiger partial charge is 0.0871 e. The van der Waals surface area contributed by atoms with E-state index in [2.05, 4.69) is 114 Å². The lowest BCUT2D eigenvalue weighted by Gasteiger charge is -2.09. The van der Waals surface area contributed by atoms with E-state index >= 15 is 0 Å². The molecule has 0 saturated carbocycles. The molecule has 0 spiro atoms. The average Bonchev–Trinajstić information content (AvgIpc) is 3.23. The Bertz CT molecular complexity index is 1820. The molecule has 2 aromatic heterocycles. The third-order valence-electron chi connectivity index (χ3n) is 6.61. The normalized spacial score (nSPS) is 11.6. The summed E-state index contributed by atoms with van der Waals surface area (Å²) >= 11 is 0. The minimum Gasteiger partial charge on any atom is -0.306 e. The average molecular weight is 421 g/mol. The minimum absolute atomic E-state index is 1.00. The minimum atomic E-state index is 1.00. The molecular formula is C31H20N2. The molecule has 0 aliphatic carbocycles. The van der Waals surface area contributed by atoms with Gasteiger partial charge in [-0.3, -0.25) is 4.98 Å². The highest BCUT2D eigenvalue weighted by atomic mass is 14.9. The molecule has 5 aromatic carbocycles. The molecule has 0 atom stereocenters. The number of fused-ring (bicyclic) bond motifs is 6. The molecule has 154 valence electrons. The molecule has 2 nitrogen and oxygen atoms in total. The van der Waals surface area contributed by atoms with Crippen molar-refractivity contribution in [3.05, 3.63) is 121 Å². The van der Waals surface area contributed by atoms with Crippen molar-refractivity contribution in [2.75, 3.05) is 0 Å². The number of nitrogens with zero attached hydrogens (tertiary/aromatic N) is 2. The van der Waals surface area contributed by atoms with Crippen LogP contribution in [0.4, 0.5) is 0 Å². The van der Waals surface area contributed by atoms with E-state index in [0.29, 0.717) is 0 Å². The zero-order valence-electron chi connectivity index (χ0n) is 17.9. The highest BCUT2D eigenvalue weighted by Gasteiger charge is 2.16. The lowest BCUT2D eigenvalue weighted by molar-refractivity contribution is 1.27. The second-order valence-corrected chi connectivity index (χ2v) is 8.47. The topological polar surface area (TPSA) is 17.3 Å². The first kappa shape index (κ1) is 18.2. The van der Waals surface area contributed by atoms with Crippen LogP contribution in [0, 0.1) is 0 Å². The number of para-hydroxylation sites is 3. The summed E-state index contributed by atoms with van der Waals surface area (Å²) in [5.74, 6) is 0. The van der Waals surface area contributed by atoms with Crippen molar-refractivity contribution < 1.29 is 0 Å². The Labute approximate surface area is 191 Å². The Morgan fingerprint density at radius 2 is 1.21 bits per heavy atom. The predicted molar refractivity (Wildman–Crippen MR) is 139 cm³/mol. The van der Waals surface area contributed by atoms with Crippen LogP contribution < -0.4 is 0 Å². The Kier molecular flexibility index (Phi) is 3.88. The molecule has 2 heterocycles. The first-order valence-electron chi connectivity index (χ1n) is 11.2. The van der Waals surface area contributed by atoms with Gasteiger partial charge < -0.3 is 4.40 Å². The lowest BCUT2D eigenvalue weighted by atomic mass is 9.94. The fraction of sp³-hybridized carbons (Fsp3) is 0. The van der Waals surface area contributed by atoms with Gasteiger partial charge in [-0.05, 0) is 51.7 Å². The molecule has 33 heavy (non-hydrogen) atoms. The van der Waals surface area contributed by atoms with E-state index in [9.17, 15) is 0 Å². The van der Waals surface area contributed by atoms with Gasteiger partial charge in [-0.1, -0.05) is 91.0 Å². The lowest BCUT2D eigenvalue weighted by Crippen LogP contribution is -1.90. The number of rotatable bonds is 2. The number of hydrogen-bond donors (Lipinski definition) is 0. The van der Waals surface area contributed by atoms with Crippen LogP contribution in [0.15, 0.2) is 121 Å². The van der Waals surface area contributed by atoms with Crippen molar-refractivity contribution in [3.63, 3.8) is 0 Å². The molecule has 0 radical (unpaired) electrons. The maximum absolute atomic E-state index is 4.79. The largest absolute Gasteiger partial charge is 0.306 e. The monoisotopic (exact) mass is 420 g/mol. The molecule has 0 fully saturated rings. The van der Waals surface area contributed by atoms with Crippen molar-refractivity contribution in [1.82, 2.24) is 9.38 Å². The fourth-order valence-corrected chi connectivity index (χ4v) is 5.16. The van der Waals surface area contributed by atoms with Crippen LogP contribution in [-0.4, -0.2) is 9.38 Å². The van der Waals surface area contributed by atoms with Crippen molar-refractivity contribution in [2.45, 2.75) is 0 Å². The van der Waals surface area contributed by atoms with Gasteiger partial charge in [-0.15, -0.1) is 0 Å². The Morgan fingerprint density at radius 1 is 0.515 bits per heavy atom. The van der Waals surface area contributed by atoms with E-state index in [4.69, 9.17) is 4.98 Å². The van der Waals surface area contributed by atoms with Crippen LogP contribution in [-0.2, 0) is 0 Å². The van der Waals surface area contributed by atoms with Gasteiger partial charge in [0.1, 0.15) is 0 Å². The van der Waals surface area contributed by atoms with Gasteiger partial charge in [0, 0.05) is 10.9 Å². The summed E-state index contributed by atoms with van der Waals surface area (Å²) in [4.78, 5) is 4.79. The van der Waals surface area contributed by atoms with Crippen molar-refractivity contribution in [1.29, 1.82) is 0 Å². The summed E-state index contributed by atoms with van der Waals surface area (Å²) in [6.45, 7) is 0. The standard InChI is InChI=1S/C31H20N2/c1-2-13-24-21(9-1)10-8-15-25(24)22-11-7-12-23(19-22)31-26-14-3-5-17-28(26)33-29-18-6-4-16-27(29)32-20-30(31)33/h1-20H. The Hall–Kier alpha value is -4.43. The number of hydrogen-bond acceptors (Lipinski definition) is 1. The van der Waals surface area contributed by atoms with E-state index in [1.54, 1.807) is 0 Å². The molecule has 0 saturated heterocycles. The SMILES string of the molecule is c1cc(-c2cccc3ccccc23)cc(-c2c3ccccc3n3c2cnc2ccccc23)c1. The number of aromatic nitrogens is 2. The van der Waals surface area contributed by atoms with E-state index in [1.807, 2.05) is 12.3 Å². The fourth-order valence-electron chi connectivity index (χ4n) is 5.16. The van der Waals surface area contributed by atoms with Gasteiger partial charge in [-0.2, -0.15) is 0 Å². The summed E-state index contributed by atoms with van der Waals surface area (Å²) in [6.07, 6.45) is 2.02. The quantitative estimate of drug-likeness (QED) is 0.276. The molecule has 0 amide bonds. The number of benzene rings is 5. The first-order valence-corrected chi connectivity index (χ1v) is 11.2. The summed E-state index contributed by atoms with van der Waals surface area (Å²) in [5.41, 5.74) is 9.38. The van der Waals surface area contributed by atoms with E-state index in [1.165, 1.54) is 43.9 Å². The third-order valence-corrected chi connectivity index (χ3v) is 6.61. The molecule has 7 aromatic rings. The van der Waals surface area contributed by atoms with Crippen LogP contribution in [0.3, 0.4) is 0 Å². The second-order valence-electron chi connectivity index (χ2n) is 8.47. The molecule has 0 unspecified atom stereocenters. The highest BCUT2D eigenvalue weighted by Crippen LogP contribution is 2.39. The summed E-state index contributed by atoms with van der Waals surface area (Å²) in [7, 11) is 0. The molecule has 0 aliphatic rings. The zero-order chi connectivity index (χ0) is 21.8. The maximum atomic E-state index is 4.79. The molecular weight excluding hydrogens is 400 g/mol. The molecule has 0 N–H and O–H groups in total. The summed E-state index contributed by atoms with van der Waals surface area (Å²) in [6, 6.07) is 41.0. The van der Waals surface area contributed by atoms with Crippen molar-refractivity contribution >= 4 is 38.2 Å². The molecule has 0 aliphatic heterocycles. The van der Waals surface area contributed by atoms with Gasteiger partial charge >= 0.3 is 0 Å². The molecule has 2 heteroatoms. The van der Waals surface area contributed by atoms with Gasteiger partial charge in [-0.25, -0.2) is 0 Å². The Balaban J connectivity index is 1.55. The van der Waals surface area contributed by atoms with Crippen molar-refractivity contribution in [2.24, 2.45) is 0 Å². The van der Waals surface area contributed by atoms with Gasteiger partial charge in [0.05, 0.1) is 28.3 Å². The van der Waals surface area contributed by atoms with Crippen LogP contribution >= 0.6 is 0 Å². The first-order chi connectivity index (χ1) is 16.4. The van der Waals surface area contributed by atoms with Gasteiger partial charge in [0.2, 0.25) is 0 Å². The van der Waals surface area contributed by atoms with Gasteiger partial charge in [0.15, 0.2) is 0 Å². The molecule has 7 rings (SSSR count). The third kappa shape index (κ3) is 2.71. The van der Waals surface area contributed by atoms with E-state index in [-0.39, 0.29) is 0 Å². The highest BCUT2D eigenvalue weighted by molar-refractivity contribution is 6.08. The zero-order valence-corrected chi connectivity index (χ0v) is 17.9. The maximum Gasteiger partial charge on any atom is 0.0871 e.